The molecular weight excluding hydrogens is 466 g/mol. The first-order valence-corrected chi connectivity index (χ1v) is 10.7. The molecule has 0 saturated heterocycles. The van der Waals surface area contributed by atoms with Crippen molar-refractivity contribution >= 4 is 25.6 Å². The zero-order valence-corrected chi connectivity index (χ0v) is 16.0. The zero-order chi connectivity index (χ0) is 23.1. The van der Waals surface area contributed by atoms with Gasteiger partial charge in [-0.15, -0.1) is 0 Å². The number of halogens is 6. The first-order valence-electron chi connectivity index (χ1n) is 7.54. The molecule has 0 heterocycles. The Labute approximate surface area is 165 Å². The van der Waals surface area contributed by atoms with Crippen LogP contribution in [0.1, 0.15) is 21.5 Å². The number of carbonyl (C=O) groups is 1. The highest BCUT2D eigenvalue weighted by molar-refractivity contribution is 7.92. The summed E-state index contributed by atoms with van der Waals surface area (Å²) < 4.78 is 124. The minimum absolute atomic E-state index is 0.111. The minimum Gasteiger partial charge on any atom is -0.478 e. The molecule has 0 saturated carbocycles. The summed E-state index contributed by atoms with van der Waals surface area (Å²) in [6, 6.07) is 3.69. The molecule has 2 aromatic carbocycles. The molecule has 2 rings (SSSR count). The molecule has 0 aliphatic rings. The molecular formula is C16H10F6O6S2. The molecule has 0 bridgehead atoms. The van der Waals surface area contributed by atoms with E-state index in [9.17, 15) is 48.0 Å². The van der Waals surface area contributed by atoms with Crippen molar-refractivity contribution in [1.29, 1.82) is 0 Å². The molecule has 14 heteroatoms. The van der Waals surface area contributed by atoms with Crippen LogP contribution in [-0.2, 0) is 31.6 Å². The van der Waals surface area contributed by atoms with Crippen LogP contribution in [0.25, 0.3) is 0 Å². The molecule has 0 aliphatic carbocycles. The number of aromatic carboxylic acids is 1. The second kappa shape index (κ2) is 7.58. The van der Waals surface area contributed by atoms with Gasteiger partial charge in [-0.25, -0.2) is 21.6 Å². The van der Waals surface area contributed by atoms with Gasteiger partial charge in [0.1, 0.15) is 0 Å². The molecule has 6 nitrogen and oxygen atoms in total. The van der Waals surface area contributed by atoms with E-state index in [-0.39, 0.29) is 6.07 Å². The maximum Gasteiger partial charge on any atom is 0.501 e. The van der Waals surface area contributed by atoms with Crippen molar-refractivity contribution in [2.24, 2.45) is 0 Å². The van der Waals surface area contributed by atoms with Gasteiger partial charge in [0.05, 0.1) is 26.7 Å². The van der Waals surface area contributed by atoms with E-state index in [2.05, 4.69) is 0 Å². The Morgan fingerprint density at radius 1 is 0.900 bits per heavy atom. The predicted octanol–water partition coefficient (Wildman–Crippen LogP) is 3.67. The number of hydrogen-bond donors (Lipinski definition) is 1. The summed E-state index contributed by atoms with van der Waals surface area (Å²) >= 11 is 0. The van der Waals surface area contributed by atoms with Crippen molar-refractivity contribution in [2.45, 2.75) is 27.2 Å². The van der Waals surface area contributed by atoms with E-state index in [1.54, 1.807) is 0 Å². The van der Waals surface area contributed by atoms with Gasteiger partial charge in [-0.2, -0.15) is 26.3 Å². The van der Waals surface area contributed by atoms with Gasteiger partial charge in [-0.05, 0) is 35.9 Å². The molecule has 0 amide bonds. The first-order chi connectivity index (χ1) is 13.5. The number of sulfone groups is 2. The van der Waals surface area contributed by atoms with E-state index in [0.717, 1.165) is 12.1 Å². The third kappa shape index (κ3) is 4.75. The van der Waals surface area contributed by atoms with Gasteiger partial charge in [-0.1, -0.05) is 12.1 Å². The van der Waals surface area contributed by atoms with Crippen molar-refractivity contribution < 1.29 is 53.1 Å². The summed E-state index contributed by atoms with van der Waals surface area (Å²) in [5.41, 5.74) is -8.70. The third-order valence-electron chi connectivity index (χ3n) is 3.74. The maximum absolute atomic E-state index is 12.8. The Bertz CT molecular complexity index is 1200. The number of alkyl halides is 6. The summed E-state index contributed by atoms with van der Waals surface area (Å²) in [6.45, 7) is 0. The van der Waals surface area contributed by atoms with Crippen LogP contribution < -0.4 is 0 Å². The fourth-order valence-electron chi connectivity index (χ4n) is 2.38. The van der Waals surface area contributed by atoms with Crippen LogP contribution >= 0.6 is 0 Å². The standard InChI is InChI=1S/C16H10F6O6S2/c17-15(18,19)10-4-5-13(12(7-10)14(23)24)29(25,26)8-9-2-1-3-11(6-9)30(27,28)16(20,21)22/h1-7H,8H2,(H,23,24). The van der Waals surface area contributed by atoms with Gasteiger partial charge in [0.2, 0.25) is 0 Å². The molecule has 0 fully saturated rings. The summed E-state index contributed by atoms with van der Waals surface area (Å²) in [6.07, 6.45) is -4.95. The van der Waals surface area contributed by atoms with Gasteiger partial charge >= 0.3 is 17.7 Å². The van der Waals surface area contributed by atoms with E-state index in [0.29, 0.717) is 24.3 Å². The van der Waals surface area contributed by atoms with Crippen LogP contribution in [-0.4, -0.2) is 33.4 Å². The SMILES string of the molecule is O=C(O)c1cc(C(F)(F)F)ccc1S(=O)(=O)Cc1cccc(S(=O)(=O)C(F)(F)F)c1. The smallest absolute Gasteiger partial charge is 0.478 e. The van der Waals surface area contributed by atoms with E-state index in [4.69, 9.17) is 5.11 Å². The fraction of sp³-hybridized carbons (Fsp3) is 0.188. The molecule has 0 aliphatic heterocycles. The highest BCUT2D eigenvalue weighted by Crippen LogP contribution is 2.33. The van der Waals surface area contributed by atoms with E-state index < -0.39 is 69.6 Å². The van der Waals surface area contributed by atoms with Crippen LogP contribution in [0.15, 0.2) is 52.3 Å². The minimum atomic E-state index is -5.78. The normalized spacial score (nSPS) is 13.3. The quantitative estimate of drug-likeness (QED) is 0.661. The second-order valence-electron chi connectivity index (χ2n) is 5.87. The Balaban J connectivity index is 2.53. The Hall–Kier alpha value is -2.61. The lowest BCUT2D eigenvalue weighted by molar-refractivity contribution is -0.137. The van der Waals surface area contributed by atoms with Crippen molar-refractivity contribution in [3.8, 4) is 0 Å². The Morgan fingerprint density at radius 2 is 1.50 bits per heavy atom. The maximum atomic E-state index is 12.8. The van der Waals surface area contributed by atoms with Crippen molar-refractivity contribution in [2.75, 3.05) is 0 Å². The van der Waals surface area contributed by atoms with Crippen molar-refractivity contribution in [3.05, 3.63) is 59.2 Å². The molecule has 0 unspecified atom stereocenters. The number of hydrogen-bond acceptors (Lipinski definition) is 5. The number of carboxylic acids is 1. The van der Waals surface area contributed by atoms with Gasteiger partial charge in [-0.3, -0.25) is 0 Å². The molecule has 0 spiro atoms. The van der Waals surface area contributed by atoms with Crippen LogP contribution in [0.3, 0.4) is 0 Å². The lowest BCUT2D eigenvalue weighted by Gasteiger charge is -2.13. The van der Waals surface area contributed by atoms with E-state index in [1.165, 1.54) is 0 Å². The second-order valence-corrected chi connectivity index (χ2v) is 9.77. The Kier molecular flexibility index (Phi) is 5.98. The fourth-order valence-corrected chi connectivity index (χ4v) is 4.74. The van der Waals surface area contributed by atoms with Crippen LogP contribution in [0.5, 0.6) is 0 Å². The van der Waals surface area contributed by atoms with E-state index in [1.807, 2.05) is 0 Å². The average molecular weight is 476 g/mol. The summed E-state index contributed by atoms with van der Waals surface area (Å²) in [5.74, 6) is -3.13. The van der Waals surface area contributed by atoms with Gasteiger partial charge in [0.15, 0.2) is 9.84 Å². The van der Waals surface area contributed by atoms with Crippen molar-refractivity contribution in [3.63, 3.8) is 0 Å². The number of rotatable bonds is 5. The number of carboxylic acid groups (broad SMARTS) is 1. The number of benzene rings is 2. The highest BCUT2D eigenvalue weighted by atomic mass is 32.2. The molecule has 30 heavy (non-hydrogen) atoms. The van der Waals surface area contributed by atoms with Crippen molar-refractivity contribution in [1.82, 2.24) is 0 Å². The average Bonchev–Trinajstić information content (AvgIpc) is 2.59. The Morgan fingerprint density at radius 3 is 2.00 bits per heavy atom. The summed E-state index contributed by atoms with van der Waals surface area (Å²) in [4.78, 5) is 9.01. The summed E-state index contributed by atoms with van der Waals surface area (Å²) in [5, 5.41) is 9.09. The van der Waals surface area contributed by atoms with E-state index >= 15 is 0 Å². The molecule has 1 N–H and O–H groups in total. The van der Waals surface area contributed by atoms with Crippen LogP contribution in [0.4, 0.5) is 26.3 Å². The largest absolute Gasteiger partial charge is 0.501 e. The third-order valence-corrected chi connectivity index (χ3v) is 6.97. The summed E-state index contributed by atoms with van der Waals surface area (Å²) in [7, 11) is -10.4. The monoisotopic (exact) mass is 476 g/mol. The molecule has 164 valence electrons. The van der Waals surface area contributed by atoms with Gasteiger partial charge in [0.25, 0.3) is 9.84 Å². The van der Waals surface area contributed by atoms with Gasteiger partial charge < -0.3 is 5.11 Å². The first kappa shape index (κ1) is 23.7. The zero-order valence-electron chi connectivity index (χ0n) is 14.3. The van der Waals surface area contributed by atoms with Crippen LogP contribution in [0.2, 0.25) is 0 Å². The molecule has 2 aromatic rings. The predicted molar refractivity (Wildman–Crippen MR) is 89.0 cm³/mol. The molecule has 0 aromatic heterocycles. The lowest BCUT2D eigenvalue weighted by atomic mass is 10.1. The van der Waals surface area contributed by atoms with Gasteiger partial charge in [0, 0.05) is 0 Å². The highest BCUT2D eigenvalue weighted by Gasteiger charge is 2.47. The van der Waals surface area contributed by atoms with Crippen LogP contribution in [0, 0.1) is 0 Å². The topological polar surface area (TPSA) is 106 Å². The lowest BCUT2D eigenvalue weighted by Crippen LogP contribution is -2.23. The molecule has 0 radical (unpaired) electrons. The molecule has 0 atom stereocenters.